The van der Waals surface area contributed by atoms with Gasteiger partial charge in [-0.25, -0.2) is 18.4 Å². The SMILES string of the molecule is CN(C)CCNc1ccc2nc(NC(=O)/C(=N\N3CCCC3)c3ccc(S(C)(=O)=O)cc3)sc2n1. The third-order valence-corrected chi connectivity index (χ3v) is 7.44. The van der Waals surface area contributed by atoms with Crippen LogP contribution in [-0.4, -0.2) is 86.4 Å². The number of thiazole rings is 1. The number of aromatic nitrogens is 2. The van der Waals surface area contributed by atoms with Gasteiger partial charge in [0.25, 0.3) is 5.91 Å². The zero-order valence-electron chi connectivity index (χ0n) is 20.0. The van der Waals surface area contributed by atoms with Gasteiger partial charge >= 0.3 is 0 Å². The van der Waals surface area contributed by atoms with E-state index in [2.05, 4.69) is 30.6 Å². The average Bonchev–Trinajstić information content (AvgIpc) is 3.45. The van der Waals surface area contributed by atoms with E-state index in [1.165, 1.54) is 23.5 Å². The smallest absolute Gasteiger partial charge is 0.278 e. The van der Waals surface area contributed by atoms with Crippen LogP contribution in [0.5, 0.6) is 0 Å². The van der Waals surface area contributed by atoms with Crippen molar-refractivity contribution in [3.63, 3.8) is 0 Å². The van der Waals surface area contributed by atoms with Gasteiger partial charge in [0.05, 0.1) is 4.90 Å². The molecule has 2 aromatic heterocycles. The first kappa shape index (κ1) is 25.0. The maximum Gasteiger partial charge on any atom is 0.278 e. The Balaban J connectivity index is 1.55. The molecule has 12 heteroatoms. The van der Waals surface area contributed by atoms with Gasteiger partial charge in [-0.2, -0.15) is 5.10 Å². The summed E-state index contributed by atoms with van der Waals surface area (Å²) in [6.45, 7) is 3.19. The Hall–Kier alpha value is -3.09. The van der Waals surface area contributed by atoms with Crippen LogP contribution in [0.25, 0.3) is 10.3 Å². The Morgan fingerprint density at radius 3 is 2.49 bits per heavy atom. The number of benzene rings is 1. The van der Waals surface area contributed by atoms with E-state index in [4.69, 9.17) is 0 Å². The normalized spacial score (nSPS) is 14.6. The summed E-state index contributed by atoms with van der Waals surface area (Å²) in [4.78, 5) is 25.4. The summed E-state index contributed by atoms with van der Waals surface area (Å²) in [7, 11) is 0.685. The van der Waals surface area contributed by atoms with E-state index < -0.39 is 15.7 Å². The van der Waals surface area contributed by atoms with Gasteiger partial charge in [0.1, 0.15) is 16.2 Å². The number of nitrogens with one attached hydrogen (secondary N) is 2. The zero-order chi connectivity index (χ0) is 25.0. The van der Waals surface area contributed by atoms with Crippen molar-refractivity contribution in [3.8, 4) is 0 Å². The van der Waals surface area contributed by atoms with Crippen LogP contribution in [0, 0.1) is 0 Å². The molecule has 1 amide bonds. The Labute approximate surface area is 209 Å². The van der Waals surface area contributed by atoms with Crippen molar-refractivity contribution in [3.05, 3.63) is 42.0 Å². The molecule has 4 rings (SSSR count). The number of hydrogen-bond acceptors (Lipinski definition) is 10. The molecular formula is C23H29N7O3S2. The van der Waals surface area contributed by atoms with Gasteiger partial charge in [0.15, 0.2) is 20.7 Å². The first-order chi connectivity index (χ1) is 16.7. The Morgan fingerprint density at radius 1 is 1.11 bits per heavy atom. The Morgan fingerprint density at radius 2 is 1.83 bits per heavy atom. The lowest BCUT2D eigenvalue weighted by Gasteiger charge is -2.14. The molecule has 0 radical (unpaired) electrons. The Bertz CT molecular complexity index is 1330. The maximum absolute atomic E-state index is 13.3. The largest absolute Gasteiger partial charge is 0.369 e. The summed E-state index contributed by atoms with van der Waals surface area (Å²) in [5.74, 6) is 0.343. The number of amides is 1. The van der Waals surface area contributed by atoms with E-state index in [9.17, 15) is 13.2 Å². The first-order valence-electron chi connectivity index (χ1n) is 11.3. The van der Waals surface area contributed by atoms with Crippen molar-refractivity contribution in [2.24, 2.45) is 5.10 Å². The lowest BCUT2D eigenvalue weighted by Crippen LogP contribution is -2.27. The minimum Gasteiger partial charge on any atom is -0.369 e. The summed E-state index contributed by atoms with van der Waals surface area (Å²) >= 11 is 1.29. The molecule has 0 atom stereocenters. The van der Waals surface area contributed by atoms with Crippen LogP contribution in [0.15, 0.2) is 46.4 Å². The third-order valence-electron chi connectivity index (χ3n) is 5.44. The molecule has 10 nitrogen and oxygen atoms in total. The lowest BCUT2D eigenvalue weighted by molar-refractivity contribution is -0.110. The minimum absolute atomic E-state index is 0.189. The monoisotopic (exact) mass is 515 g/mol. The molecule has 35 heavy (non-hydrogen) atoms. The van der Waals surface area contributed by atoms with Crippen LogP contribution >= 0.6 is 11.3 Å². The fraction of sp³-hybridized carbons (Fsp3) is 0.391. The molecular weight excluding hydrogens is 486 g/mol. The standard InChI is InChI=1S/C23H29N7O3S2/c1-29(2)15-12-24-19-11-10-18-22(26-19)34-23(25-18)27-21(31)20(28-30-13-4-5-14-30)16-6-8-17(9-7-16)35(3,32)33/h6-11H,4-5,12-15H2,1-3H3,(H,24,26)(H,25,27,31)/b28-20-. The van der Waals surface area contributed by atoms with E-state index in [0.29, 0.717) is 21.0 Å². The number of hydrazone groups is 1. The molecule has 186 valence electrons. The van der Waals surface area contributed by atoms with Crippen molar-refractivity contribution in [2.45, 2.75) is 17.7 Å². The summed E-state index contributed by atoms with van der Waals surface area (Å²) in [5.41, 5.74) is 1.44. The molecule has 1 aliphatic rings. The van der Waals surface area contributed by atoms with Gasteiger partial charge in [0.2, 0.25) is 0 Å². The van der Waals surface area contributed by atoms with E-state index in [1.807, 2.05) is 31.2 Å². The number of sulfone groups is 1. The molecule has 1 aromatic carbocycles. The highest BCUT2D eigenvalue weighted by Crippen LogP contribution is 2.26. The van der Waals surface area contributed by atoms with Gasteiger partial charge in [-0.05, 0) is 51.2 Å². The minimum atomic E-state index is -3.34. The fourth-order valence-electron chi connectivity index (χ4n) is 3.57. The van der Waals surface area contributed by atoms with E-state index in [1.54, 1.807) is 12.1 Å². The van der Waals surface area contributed by atoms with Gasteiger partial charge in [-0.15, -0.1) is 0 Å². The van der Waals surface area contributed by atoms with Gasteiger partial charge in [0, 0.05) is 38.0 Å². The maximum atomic E-state index is 13.3. The van der Waals surface area contributed by atoms with Crippen molar-refractivity contribution in [1.29, 1.82) is 0 Å². The fourth-order valence-corrected chi connectivity index (χ4v) is 5.03. The topological polar surface area (TPSA) is 120 Å². The summed E-state index contributed by atoms with van der Waals surface area (Å²) in [6, 6.07) is 9.93. The third kappa shape index (κ3) is 6.53. The lowest BCUT2D eigenvalue weighted by atomic mass is 10.1. The van der Waals surface area contributed by atoms with Crippen LogP contribution in [0.1, 0.15) is 18.4 Å². The molecule has 3 aromatic rings. The highest BCUT2D eigenvalue weighted by Gasteiger charge is 2.20. The number of likely N-dealkylation sites (N-methyl/N-ethyl adjacent to an activating group) is 1. The van der Waals surface area contributed by atoms with Gasteiger partial charge < -0.3 is 10.2 Å². The van der Waals surface area contributed by atoms with Crippen LogP contribution in [0.4, 0.5) is 10.9 Å². The molecule has 2 N–H and O–H groups in total. The number of hydrogen-bond donors (Lipinski definition) is 2. The molecule has 0 aliphatic carbocycles. The van der Waals surface area contributed by atoms with Crippen LogP contribution in [0.3, 0.4) is 0 Å². The molecule has 1 fully saturated rings. The molecule has 0 unspecified atom stereocenters. The van der Waals surface area contributed by atoms with E-state index in [0.717, 1.165) is 51.1 Å². The summed E-state index contributed by atoms with van der Waals surface area (Å²) in [6.07, 6.45) is 3.18. The molecule has 1 saturated heterocycles. The van der Waals surface area contributed by atoms with Crippen LogP contribution < -0.4 is 10.6 Å². The quantitative estimate of drug-likeness (QED) is 0.417. The second kappa shape index (κ2) is 10.7. The molecule has 1 aliphatic heterocycles. The second-order valence-corrected chi connectivity index (χ2v) is 11.6. The molecule has 0 saturated carbocycles. The number of carbonyl (C=O) groups excluding carboxylic acids is 1. The molecule has 0 bridgehead atoms. The van der Waals surface area contributed by atoms with Crippen molar-refractivity contribution in [2.75, 3.05) is 57.2 Å². The van der Waals surface area contributed by atoms with Gasteiger partial charge in [-0.1, -0.05) is 23.5 Å². The molecule has 0 spiro atoms. The highest BCUT2D eigenvalue weighted by atomic mass is 32.2. The second-order valence-electron chi connectivity index (χ2n) is 8.63. The Kier molecular flexibility index (Phi) is 7.63. The van der Waals surface area contributed by atoms with E-state index in [-0.39, 0.29) is 10.6 Å². The zero-order valence-corrected chi connectivity index (χ0v) is 21.6. The van der Waals surface area contributed by atoms with Crippen molar-refractivity contribution >= 4 is 54.1 Å². The number of fused-ring (bicyclic) bond motifs is 1. The number of rotatable bonds is 9. The first-order valence-corrected chi connectivity index (χ1v) is 14.0. The van der Waals surface area contributed by atoms with Crippen LogP contribution in [-0.2, 0) is 14.6 Å². The highest BCUT2D eigenvalue weighted by molar-refractivity contribution is 7.90. The van der Waals surface area contributed by atoms with E-state index >= 15 is 0 Å². The van der Waals surface area contributed by atoms with Crippen molar-refractivity contribution < 1.29 is 13.2 Å². The predicted octanol–water partition coefficient (Wildman–Crippen LogP) is 2.51. The molecule has 3 heterocycles. The summed E-state index contributed by atoms with van der Waals surface area (Å²) < 4.78 is 23.7. The van der Waals surface area contributed by atoms with Crippen molar-refractivity contribution in [1.82, 2.24) is 19.9 Å². The predicted molar refractivity (Wildman–Crippen MR) is 140 cm³/mol. The average molecular weight is 516 g/mol. The number of anilines is 2. The van der Waals surface area contributed by atoms with Gasteiger partial charge in [-0.3, -0.25) is 15.1 Å². The summed E-state index contributed by atoms with van der Waals surface area (Å²) in [5, 5.41) is 13.0. The number of nitrogens with zero attached hydrogens (tertiary/aromatic N) is 5. The van der Waals surface area contributed by atoms with Crippen LogP contribution in [0.2, 0.25) is 0 Å². The number of pyridine rings is 1. The number of carbonyl (C=O) groups is 1.